The third-order valence-electron chi connectivity index (χ3n) is 4.47. The first-order chi connectivity index (χ1) is 12.3. The monoisotopic (exact) mass is 388 g/mol. The number of hydrogen-bond acceptors (Lipinski definition) is 3. The third-order valence-corrected chi connectivity index (χ3v) is 4.91. The van der Waals surface area contributed by atoms with Crippen molar-refractivity contribution in [3.05, 3.63) is 76.9 Å². The largest absolute Gasteiger partial charge is 0.488 e. The van der Waals surface area contributed by atoms with Gasteiger partial charge in [-0.1, -0.05) is 42.5 Å². The Kier molecular flexibility index (Phi) is 3.31. The van der Waals surface area contributed by atoms with Crippen LogP contribution in [0, 0.1) is 0 Å². The minimum Gasteiger partial charge on any atom is -0.488 e. The first-order valence-electron chi connectivity index (χ1n) is 8.08. The molecule has 0 atom stereocenters. The van der Waals surface area contributed by atoms with E-state index in [1.165, 1.54) is 0 Å². The number of benzene rings is 2. The lowest BCUT2D eigenvalue weighted by Crippen LogP contribution is -2.10. The van der Waals surface area contributed by atoms with E-state index in [-0.39, 0.29) is 0 Å². The van der Waals surface area contributed by atoms with Crippen molar-refractivity contribution in [2.24, 2.45) is 0 Å². The molecular formula is C21H13BrN2O. The molecule has 0 saturated carbocycles. The van der Waals surface area contributed by atoms with Gasteiger partial charge in [0.1, 0.15) is 17.0 Å². The van der Waals surface area contributed by atoms with Crippen LogP contribution in [0.5, 0.6) is 5.75 Å². The molecule has 120 valence electrons. The minimum atomic E-state index is 0.494. The SMILES string of the molecule is Brc1ccc2nc3c(c(-c4ccccc4)c2n1)COc1ccccc1-3. The molecule has 0 unspecified atom stereocenters. The Morgan fingerprint density at radius 2 is 1.64 bits per heavy atom. The Balaban J connectivity index is 1.93. The zero-order valence-electron chi connectivity index (χ0n) is 13.2. The van der Waals surface area contributed by atoms with Crippen molar-refractivity contribution in [3.63, 3.8) is 0 Å². The van der Waals surface area contributed by atoms with Gasteiger partial charge in [0.2, 0.25) is 0 Å². The Labute approximate surface area is 153 Å². The molecule has 1 aliphatic rings. The van der Waals surface area contributed by atoms with Gasteiger partial charge >= 0.3 is 0 Å². The van der Waals surface area contributed by atoms with Crippen molar-refractivity contribution in [1.82, 2.24) is 9.97 Å². The predicted molar refractivity (Wildman–Crippen MR) is 102 cm³/mol. The van der Waals surface area contributed by atoms with Gasteiger partial charge in [0.25, 0.3) is 0 Å². The summed E-state index contributed by atoms with van der Waals surface area (Å²) in [6.45, 7) is 0.494. The summed E-state index contributed by atoms with van der Waals surface area (Å²) >= 11 is 3.49. The van der Waals surface area contributed by atoms with Crippen LogP contribution in [0.3, 0.4) is 0 Å². The van der Waals surface area contributed by atoms with E-state index in [0.717, 1.165) is 49.3 Å². The quantitative estimate of drug-likeness (QED) is 0.397. The molecule has 3 heterocycles. The van der Waals surface area contributed by atoms with Gasteiger partial charge in [0, 0.05) is 16.7 Å². The van der Waals surface area contributed by atoms with Crippen LogP contribution in [0.2, 0.25) is 0 Å². The van der Waals surface area contributed by atoms with Crippen LogP contribution in [0.15, 0.2) is 71.3 Å². The molecule has 0 fully saturated rings. The fourth-order valence-corrected chi connectivity index (χ4v) is 3.68. The average molecular weight is 389 g/mol. The Morgan fingerprint density at radius 3 is 2.52 bits per heavy atom. The normalized spacial score (nSPS) is 12.4. The second kappa shape index (κ2) is 5.67. The molecule has 25 heavy (non-hydrogen) atoms. The van der Waals surface area contributed by atoms with Crippen LogP contribution in [0.4, 0.5) is 0 Å². The molecule has 4 aromatic rings. The molecule has 5 rings (SSSR count). The molecule has 4 heteroatoms. The van der Waals surface area contributed by atoms with Crippen molar-refractivity contribution in [3.8, 4) is 28.1 Å². The van der Waals surface area contributed by atoms with Crippen molar-refractivity contribution < 1.29 is 4.74 Å². The van der Waals surface area contributed by atoms with Gasteiger partial charge in [-0.2, -0.15) is 0 Å². The highest BCUT2D eigenvalue weighted by Crippen LogP contribution is 2.42. The molecule has 3 nitrogen and oxygen atoms in total. The first-order valence-corrected chi connectivity index (χ1v) is 8.87. The smallest absolute Gasteiger partial charge is 0.129 e. The number of para-hydroxylation sites is 1. The number of aromatic nitrogens is 2. The summed E-state index contributed by atoms with van der Waals surface area (Å²) < 4.78 is 6.81. The molecule has 1 aliphatic heterocycles. The summed E-state index contributed by atoms with van der Waals surface area (Å²) in [5.74, 6) is 0.880. The van der Waals surface area contributed by atoms with E-state index < -0.39 is 0 Å². The van der Waals surface area contributed by atoms with Crippen molar-refractivity contribution in [2.75, 3.05) is 0 Å². The molecule has 0 saturated heterocycles. The number of hydrogen-bond donors (Lipinski definition) is 0. The maximum Gasteiger partial charge on any atom is 0.129 e. The van der Waals surface area contributed by atoms with Crippen LogP contribution in [-0.4, -0.2) is 9.97 Å². The standard InChI is InChI=1S/C21H13BrN2O/c22-18-11-10-16-21(24-18)19(13-6-2-1-3-7-13)15-12-25-17-9-5-4-8-14(17)20(15)23-16/h1-11H,12H2. The molecule has 0 bridgehead atoms. The third kappa shape index (κ3) is 2.33. The number of nitrogens with zero attached hydrogens (tertiary/aromatic N) is 2. The summed E-state index contributed by atoms with van der Waals surface area (Å²) in [6.07, 6.45) is 0. The highest BCUT2D eigenvalue weighted by molar-refractivity contribution is 9.10. The van der Waals surface area contributed by atoms with Crippen LogP contribution in [0.1, 0.15) is 5.56 Å². The lowest BCUT2D eigenvalue weighted by Gasteiger charge is -2.23. The van der Waals surface area contributed by atoms with E-state index in [4.69, 9.17) is 14.7 Å². The zero-order valence-corrected chi connectivity index (χ0v) is 14.8. The molecule has 0 amide bonds. The number of pyridine rings is 2. The van der Waals surface area contributed by atoms with Gasteiger partial charge in [0.15, 0.2) is 0 Å². The number of fused-ring (bicyclic) bond motifs is 4. The Hall–Kier alpha value is -2.72. The second-order valence-corrected chi connectivity index (χ2v) is 6.78. The fourth-order valence-electron chi connectivity index (χ4n) is 3.37. The van der Waals surface area contributed by atoms with E-state index >= 15 is 0 Å². The zero-order chi connectivity index (χ0) is 16.8. The molecule has 0 spiro atoms. The van der Waals surface area contributed by atoms with Gasteiger partial charge in [-0.25, -0.2) is 9.97 Å². The fraction of sp³-hybridized carbons (Fsp3) is 0.0476. The summed E-state index contributed by atoms with van der Waals surface area (Å²) in [5, 5.41) is 0. The molecule has 0 aliphatic carbocycles. The van der Waals surface area contributed by atoms with Gasteiger partial charge < -0.3 is 4.74 Å². The molecule has 0 N–H and O–H groups in total. The summed E-state index contributed by atoms with van der Waals surface area (Å²) in [4.78, 5) is 9.64. The lowest BCUT2D eigenvalue weighted by molar-refractivity contribution is 0.302. The number of rotatable bonds is 1. The van der Waals surface area contributed by atoms with Gasteiger partial charge in [0.05, 0.1) is 16.7 Å². The molecular weight excluding hydrogens is 376 g/mol. The highest BCUT2D eigenvalue weighted by atomic mass is 79.9. The van der Waals surface area contributed by atoms with Crippen LogP contribution in [-0.2, 0) is 6.61 Å². The Bertz CT molecular complexity index is 1110. The first kappa shape index (κ1) is 14.6. The van der Waals surface area contributed by atoms with Crippen molar-refractivity contribution in [1.29, 1.82) is 0 Å². The molecule has 0 radical (unpaired) electrons. The van der Waals surface area contributed by atoms with Gasteiger partial charge in [-0.05, 0) is 45.8 Å². The van der Waals surface area contributed by atoms with Crippen molar-refractivity contribution >= 4 is 27.0 Å². The second-order valence-electron chi connectivity index (χ2n) is 5.97. The summed E-state index contributed by atoms with van der Waals surface area (Å²) in [7, 11) is 0. The van der Waals surface area contributed by atoms with E-state index in [1.54, 1.807) is 0 Å². The number of halogens is 1. The maximum absolute atomic E-state index is 6.01. The lowest BCUT2D eigenvalue weighted by atomic mass is 9.93. The molecule has 2 aromatic carbocycles. The van der Waals surface area contributed by atoms with E-state index in [1.807, 2.05) is 48.5 Å². The topological polar surface area (TPSA) is 35.0 Å². The van der Waals surface area contributed by atoms with Crippen molar-refractivity contribution in [2.45, 2.75) is 6.61 Å². The highest BCUT2D eigenvalue weighted by Gasteiger charge is 2.24. The summed E-state index contributed by atoms with van der Waals surface area (Å²) in [6, 6.07) is 22.3. The Morgan fingerprint density at radius 1 is 0.840 bits per heavy atom. The average Bonchev–Trinajstić information content (AvgIpc) is 2.67. The molecule has 2 aromatic heterocycles. The van der Waals surface area contributed by atoms with Crippen LogP contribution < -0.4 is 4.74 Å². The predicted octanol–water partition coefficient (Wildman–Crippen LogP) is 5.62. The van der Waals surface area contributed by atoms with Gasteiger partial charge in [-0.15, -0.1) is 0 Å². The van der Waals surface area contributed by atoms with E-state index in [9.17, 15) is 0 Å². The van der Waals surface area contributed by atoms with Crippen LogP contribution >= 0.6 is 15.9 Å². The van der Waals surface area contributed by atoms with Crippen LogP contribution in [0.25, 0.3) is 33.4 Å². The van der Waals surface area contributed by atoms with E-state index in [0.29, 0.717) is 6.61 Å². The maximum atomic E-state index is 6.01. The summed E-state index contributed by atoms with van der Waals surface area (Å²) in [5.41, 5.74) is 7.10. The van der Waals surface area contributed by atoms with E-state index in [2.05, 4.69) is 34.1 Å². The number of ether oxygens (including phenoxy) is 1. The minimum absolute atomic E-state index is 0.494. The van der Waals surface area contributed by atoms with Gasteiger partial charge in [-0.3, -0.25) is 0 Å².